The third-order valence-electron chi connectivity index (χ3n) is 5.42. The van der Waals surface area contributed by atoms with E-state index in [4.69, 9.17) is 0 Å². The molecule has 1 aromatic rings. The van der Waals surface area contributed by atoms with Gasteiger partial charge in [0.2, 0.25) is 0 Å². The monoisotopic (exact) mass is 345 g/mol. The van der Waals surface area contributed by atoms with E-state index in [1.165, 1.54) is 19.3 Å². The Kier molecular flexibility index (Phi) is 6.32. The molecule has 5 heteroatoms. The first-order chi connectivity index (χ1) is 12.1. The zero-order chi connectivity index (χ0) is 17.6. The molecular weight excluding hydrogens is 314 g/mol. The number of hydrogen-bond donors (Lipinski definition) is 2. The minimum atomic E-state index is -0.630. The summed E-state index contributed by atoms with van der Waals surface area (Å²) in [6.07, 6.45) is 5.28. The third-order valence-corrected chi connectivity index (χ3v) is 5.42. The van der Waals surface area contributed by atoms with E-state index in [2.05, 4.69) is 17.1 Å². The van der Waals surface area contributed by atoms with E-state index in [1.54, 1.807) is 0 Å². The second kappa shape index (κ2) is 8.68. The Hall–Kier alpha value is -1.59. The maximum atomic E-state index is 12.6. The van der Waals surface area contributed by atoms with Gasteiger partial charge < -0.3 is 15.3 Å². The second-order valence-electron chi connectivity index (χ2n) is 7.42. The highest BCUT2D eigenvalue weighted by Gasteiger charge is 2.34. The van der Waals surface area contributed by atoms with Gasteiger partial charge >= 0.3 is 6.03 Å². The number of piperidine rings is 1. The number of aliphatic hydroxyl groups excluding tert-OH is 1. The van der Waals surface area contributed by atoms with Crippen molar-refractivity contribution in [3.05, 3.63) is 35.9 Å². The van der Waals surface area contributed by atoms with Crippen LogP contribution in [0.5, 0.6) is 0 Å². The number of nitrogens with zero attached hydrogens (tertiary/aromatic N) is 2. The van der Waals surface area contributed by atoms with Crippen molar-refractivity contribution in [1.29, 1.82) is 0 Å². The smallest absolute Gasteiger partial charge is 0.317 e. The molecule has 25 heavy (non-hydrogen) atoms. The van der Waals surface area contributed by atoms with Gasteiger partial charge in [-0.05, 0) is 44.7 Å². The van der Waals surface area contributed by atoms with Gasteiger partial charge in [-0.3, -0.25) is 4.90 Å². The molecule has 1 saturated carbocycles. The summed E-state index contributed by atoms with van der Waals surface area (Å²) in [7, 11) is 0. The molecule has 1 heterocycles. The van der Waals surface area contributed by atoms with Crippen LogP contribution in [0.2, 0.25) is 0 Å². The SMILES string of the molecule is C[C@@H]1CCCCN1CCNC(=O)N(C[C@@H](O)c1ccccc1)C1CC1. The third kappa shape index (κ3) is 5.19. The summed E-state index contributed by atoms with van der Waals surface area (Å²) < 4.78 is 0. The Morgan fingerprint density at radius 2 is 2.04 bits per heavy atom. The van der Waals surface area contributed by atoms with Crippen LogP contribution in [0.15, 0.2) is 30.3 Å². The minimum Gasteiger partial charge on any atom is -0.387 e. The van der Waals surface area contributed by atoms with Crippen LogP contribution >= 0.6 is 0 Å². The van der Waals surface area contributed by atoms with Crippen molar-refractivity contribution < 1.29 is 9.90 Å². The van der Waals surface area contributed by atoms with Gasteiger partial charge in [0, 0.05) is 25.2 Å². The quantitative estimate of drug-likeness (QED) is 0.799. The molecular formula is C20H31N3O2. The van der Waals surface area contributed by atoms with Gasteiger partial charge in [-0.2, -0.15) is 0 Å². The average Bonchev–Trinajstić information content (AvgIpc) is 3.46. The van der Waals surface area contributed by atoms with Crippen molar-refractivity contribution >= 4 is 6.03 Å². The van der Waals surface area contributed by atoms with Gasteiger partial charge in [0.15, 0.2) is 0 Å². The predicted octanol–water partition coefficient (Wildman–Crippen LogP) is 2.77. The summed E-state index contributed by atoms with van der Waals surface area (Å²) in [4.78, 5) is 16.9. The summed E-state index contributed by atoms with van der Waals surface area (Å²) in [6, 6.07) is 10.4. The predicted molar refractivity (Wildman–Crippen MR) is 99.4 cm³/mol. The molecule has 0 unspecified atom stereocenters. The van der Waals surface area contributed by atoms with E-state index in [0.29, 0.717) is 19.1 Å². The summed E-state index contributed by atoms with van der Waals surface area (Å²) in [5.74, 6) is 0. The van der Waals surface area contributed by atoms with Crippen molar-refractivity contribution in [3.8, 4) is 0 Å². The van der Waals surface area contributed by atoms with E-state index < -0.39 is 6.10 Å². The lowest BCUT2D eigenvalue weighted by atomic mass is 10.0. The molecule has 5 nitrogen and oxygen atoms in total. The van der Waals surface area contributed by atoms with Crippen LogP contribution in [0, 0.1) is 0 Å². The largest absolute Gasteiger partial charge is 0.387 e. The highest BCUT2D eigenvalue weighted by Crippen LogP contribution is 2.29. The van der Waals surface area contributed by atoms with Crippen LogP contribution in [0.1, 0.15) is 50.7 Å². The van der Waals surface area contributed by atoms with Crippen LogP contribution < -0.4 is 5.32 Å². The molecule has 0 bridgehead atoms. The number of hydrogen-bond acceptors (Lipinski definition) is 3. The molecule has 3 rings (SSSR count). The first-order valence-corrected chi connectivity index (χ1v) is 9.66. The van der Waals surface area contributed by atoms with Crippen molar-refractivity contribution in [3.63, 3.8) is 0 Å². The first-order valence-electron chi connectivity index (χ1n) is 9.66. The van der Waals surface area contributed by atoms with Crippen LogP contribution in [-0.4, -0.2) is 59.2 Å². The Labute approximate surface area is 151 Å². The Morgan fingerprint density at radius 3 is 2.72 bits per heavy atom. The Bertz CT molecular complexity index is 547. The molecule has 2 N–H and O–H groups in total. The normalized spacial score (nSPS) is 22.4. The average molecular weight is 345 g/mol. The van der Waals surface area contributed by atoms with E-state index in [1.807, 2.05) is 35.2 Å². The summed E-state index contributed by atoms with van der Waals surface area (Å²) in [5, 5.41) is 13.5. The zero-order valence-corrected chi connectivity index (χ0v) is 15.2. The molecule has 0 spiro atoms. The fraction of sp³-hybridized carbons (Fsp3) is 0.650. The molecule has 138 valence electrons. The van der Waals surface area contributed by atoms with Gasteiger partial charge in [-0.15, -0.1) is 0 Å². The number of nitrogens with one attached hydrogen (secondary N) is 1. The molecule has 2 atom stereocenters. The number of likely N-dealkylation sites (tertiary alicyclic amines) is 1. The van der Waals surface area contributed by atoms with Gasteiger partial charge in [-0.25, -0.2) is 4.79 Å². The van der Waals surface area contributed by atoms with Crippen LogP contribution in [0.4, 0.5) is 4.79 Å². The molecule has 2 fully saturated rings. The number of aliphatic hydroxyl groups is 1. The number of amides is 2. The van der Waals surface area contributed by atoms with E-state index in [-0.39, 0.29) is 12.1 Å². The summed E-state index contributed by atoms with van der Waals surface area (Å²) >= 11 is 0. The number of urea groups is 1. The van der Waals surface area contributed by atoms with Crippen molar-refractivity contribution in [2.24, 2.45) is 0 Å². The number of benzene rings is 1. The first kappa shape index (κ1) is 18.2. The van der Waals surface area contributed by atoms with E-state index >= 15 is 0 Å². The molecule has 1 aliphatic heterocycles. The summed E-state index contributed by atoms with van der Waals surface area (Å²) in [5.41, 5.74) is 0.864. The van der Waals surface area contributed by atoms with E-state index in [9.17, 15) is 9.90 Å². The Balaban J connectivity index is 1.48. The lowest BCUT2D eigenvalue weighted by molar-refractivity contribution is 0.116. The van der Waals surface area contributed by atoms with Crippen LogP contribution in [-0.2, 0) is 0 Å². The Morgan fingerprint density at radius 1 is 1.28 bits per heavy atom. The van der Waals surface area contributed by atoms with E-state index in [0.717, 1.165) is 31.5 Å². The van der Waals surface area contributed by atoms with Gasteiger partial charge in [-0.1, -0.05) is 36.8 Å². The van der Waals surface area contributed by atoms with Gasteiger partial charge in [0.05, 0.1) is 12.6 Å². The molecule has 2 aliphatic rings. The molecule has 1 aromatic carbocycles. The lowest BCUT2D eigenvalue weighted by Gasteiger charge is -2.33. The minimum absolute atomic E-state index is 0.0397. The fourth-order valence-corrected chi connectivity index (χ4v) is 3.65. The fourth-order valence-electron chi connectivity index (χ4n) is 3.65. The van der Waals surface area contributed by atoms with Crippen molar-refractivity contribution in [2.75, 3.05) is 26.2 Å². The van der Waals surface area contributed by atoms with Crippen molar-refractivity contribution in [2.45, 2.75) is 57.2 Å². The molecule has 1 saturated heterocycles. The second-order valence-corrected chi connectivity index (χ2v) is 7.42. The molecule has 2 amide bonds. The summed E-state index contributed by atoms with van der Waals surface area (Å²) in [6.45, 7) is 5.35. The molecule has 0 radical (unpaired) electrons. The topological polar surface area (TPSA) is 55.8 Å². The number of carbonyl (C=O) groups excluding carboxylic acids is 1. The van der Waals surface area contributed by atoms with Gasteiger partial charge in [0.1, 0.15) is 0 Å². The molecule has 0 aromatic heterocycles. The zero-order valence-electron chi connectivity index (χ0n) is 15.2. The maximum Gasteiger partial charge on any atom is 0.317 e. The lowest BCUT2D eigenvalue weighted by Crippen LogP contribution is -2.47. The van der Waals surface area contributed by atoms with Crippen LogP contribution in [0.3, 0.4) is 0 Å². The number of carbonyl (C=O) groups is 1. The molecule has 1 aliphatic carbocycles. The standard InChI is InChI=1S/C20H31N3O2/c1-16-7-5-6-13-22(16)14-12-21-20(25)23(18-10-11-18)15-19(24)17-8-3-2-4-9-17/h2-4,8-9,16,18-19,24H,5-7,10-15H2,1H3,(H,21,25)/t16-,19-/m1/s1. The highest BCUT2D eigenvalue weighted by molar-refractivity contribution is 5.75. The van der Waals surface area contributed by atoms with Crippen LogP contribution in [0.25, 0.3) is 0 Å². The number of rotatable bonds is 7. The maximum absolute atomic E-state index is 12.6. The highest BCUT2D eigenvalue weighted by atomic mass is 16.3. The van der Waals surface area contributed by atoms with Crippen molar-refractivity contribution in [1.82, 2.24) is 15.1 Å². The van der Waals surface area contributed by atoms with Gasteiger partial charge in [0.25, 0.3) is 0 Å².